The Labute approximate surface area is 206 Å². The maximum Gasteiger partial charge on any atom is 0.338 e. The van der Waals surface area contributed by atoms with E-state index in [9.17, 15) is 14.4 Å². The summed E-state index contributed by atoms with van der Waals surface area (Å²) in [5, 5.41) is 7.36. The fourth-order valence-corrected chi connectivity index (χ4v) is 3.80. The molecular weight excluding hydrogens is 479 g/mol. The Balaban J connectivity index is 1.63. The average Bonchev–Trinajstić information content (AvgIpc) is 3.06. The predicted molar refractivity (Wildman–Crippen MR) is 132 cm³/mol. The highest BCUT2D eigenvalue weighted by atomic mass is 35.5. The number of amides is 2. The van der Waals surface area contributed by atoms with Crippen molar-refractivity contribution in [2.24, 2.45) is 5.10 Å². The highest BCUT2D eigenvalue weighted by molar-refractivity contribution is 6.39. The molecule has 0 aliphatic carbocycles. The highest BCUT2D eigenvalue weighted by Crippen LogP contribution is 2.26. The van der Waals surface area contributed by atoms with Gasteiger partial charge in [-0.1, -0.05) is 23.2 Å². The fourth-order valence-electron chi connectivity index (χ4n) is 3.29. The minimum absolute atomic E-state index is 0.261. The fraction of sp³-hybridized carbons (Fsp3) is 0.167. The molecule has 0 fully saturated rings. The topological polar surface area (TPSA) is 102 Å². The lowest BCUT2D eigenvalue weighted by Gasteiger charge is -2.10. The molecule has 0 radical (unpaired) electrons. The zero-order valence-electron chi connectivity index (χ0n) is 18.7. The van der Waals surface area contributed by atoms with Gasteiger partial charge in [0.2, 0.25) is 0 Å². The number of aromatic nitrogens is 1. The molecule has 34 heavy (non-hydrogen) atoms. The predicted octanol–water partition coefficient (Wildman–Crippen LogP) is 4.67. The third-order valence-corrected chi connectivity index (χ3v) is 5.24. The van der Waals surface area contributed by atoms with Crippen molar-refractivity contribution in [3.8, 4) is 5.69 Å². The van der Waals surface area contributed by atoms with Gasteiger partial charge in [0.05, 0.1) is 18.4 Å². The van der Waals surface area contributed by atoms with Crippen LogP contribution in [0.1, 0.15) is 34.2 Å². The molecule has 0 aliphatic heterocycles. The van der Waals surface area contributed by atoms with Crippen LogP contribution in [0.3, 0.4) is 0 Å². The SMILES string of the molecule is CCOC(=O)c1ccc(NC(=O)C(=O)N/N=C/c2cc(C)n(-c3cc(Cl)cc(Cl)c3)c2C)cc1. The minimum Gasteiger partial charge on any atom is -0.462 e. The van der Waals surface area contributed by atoms with Crippen LogP contribution < -0.4 is 10.7 Å². The Hall–Kier alpha value is -3.62. The molecule has 2 aromatic carbocycles. The van der Waals surface area contributed by atoms with Crippen molar-refractivity contribution in [1.29, 1.82) is 0 Å². The van der Waals surface area contributed by atoms with E-state index in [0.29, 0.717) is 21.3 Å². The van der Waals surface area contributed by atoms with Gasteiger partial charge in [0.25, 0.3) is 0 Å². The van der Waals surface area contributed by atoms with Crippen molar-refractivity contribution in [1.82, 2.24) is 9.99 Å². The third-order valence-electron chi connectivity index (χ3n) is 4.81. The molecular formula is C24H22Cl2N4O4. The summed E-state index contributed by atoms with van der Waals surface area (Å²) in [7, 11) is 0. The van der Waals surface area contributed by atoms with E-state index in [-0.39, 0.29) is 6.61 Å². The number of carbonyl (C=O) groups is 3. The second kappa shape index (κ2) is 11.0. The molecule has 2 N–H and O–H groups in total. The van der Waals surface area contributed by atoms with Gasteiger partial charge in [-0.2, -0.15) is 5.10 Å². The summed E-state index contributed by atoms with van der Waals surface area (Å²) in [5.41, 5.74) is 6.18. The van der Waals surface area contributed by atoms with Gasteiger partial charge in [-0.15, -0.1) is 0 Å². The monoisotopic (exact) mass is 500 g/mol. The quantitative estimate of drug-likeness (QED) is 0.222. The number of hydrazone groups is 1. The lowest BCUT2D eigenvalue weighted by molar-refractivity contribution is -0.136. The maximum absolute atomic E-state index is 12.1. The average molecular weight is 501 g/mol. The van der Waals surface area contributed by atoms with Crippen LogP contribution in [0.25, 0.3) is 5.69 Å². The number of nitrogens with one attached hydrogen (secondary N) is 2. The highest BCUT2D eigenvalue weighted by Gasteiger charge is 2.15. The Bertz CT molecular complexity index is 1250. The van der Waals surface area contributed by atoms with Crippen LogP contribution in [0.4, 0.5) is 5.69 Å². The number of hydrogen-bond acceptors (Lipinski definition) is 5. The summed E-state index contributed by atoms with van der Waals surface area (Å²) in [6, 6.07) is 13.1. The van der Waals surface area contributed by atoms with Crippen LogP contribution in [0.5, 0.6) is 0 Å². The molecule has 3 aromatic rings. The standard InChI is InChI=1S/C24H22Cl2N4O4/c1-4-34-24(33)16-5-7-20(8-6-16)28-22(31)23(32)29-27-13-17-9-14(2)30(15(17)3)21-11-18(25)10-19(26)12-21/h5-13H,4H2,1-3H3,(H,28,31)(H,29,32)/b27-13+. The van der Waals surface area contributed by atoms with Crippen molar-refractivity contribution < 1.29 is 19.1 Å². The number of esters is 1. The van der Waals surface area contributed by atoms with Crippen LogP contribution in [0, 0.1) is 13.8 Å². The molecule has 0 saturated heterocycles. The smallest absolute Gasteiger partial charge is 0.338 e. The van der Waals surface area contributed by atoms with E-state index < -0.39 is 17.8 Å². The van der Waals surface area contributed by atoms with E-state index in [0.717, 1.165) is 22.6 Å². The van der Waals surface area contributed by atoms with Crippen molar-refractivity contribution in [2.75, 3.05) is 11.9 Å². The van der Waals surface area contributed by atoms with Crippen molar-refractivity contribution >= 4 is 52.9 Å². The summed E-state index contributed by atoms with van der Waals surface area (Å²) in [5.74, 6) is -2.31. The van der Waals surface area contributed by atoms with Crippen LogP contribution in [-0.4, -0.2) is 35.2 Å². The number of hydrogen-bond donors (Lipinski definition) is 2. The number of benzene rings is 2. The van der Waals surface area contributed by atoms with E-state index in [1.807, 2.05) is 24.5 Å². The zero-order chi connectivity index (χ0) is 24.8. The molecule has 0 aliphatic rings. The van der Waals surface area contributed by atoms with Crippen molar-refractivity contribution in [2.45, 2.75) is 20.8 Å². The maximum atomic E-state index is 12.1. The molecule has 8 nitrogen and oxygen atoms in total. The molecule has 176 valence electrons. The summed E-state index contributed by atoms with van der Waals surface area (Å²) in [6.07, 6.45) is 1.45. The number of nitrogens with zero attached hydrogens (tertiary/aromatic N) is 2. The van der Waals surface area contributed by atoms with E-state index in [1.165, 1.54) is 30.5 Å². The molecule has 1 aromatic heterocycles. The minimum atomic E-state index is -0.943. The van der Waals surface area contributed by atoms with Gasteiger partial charge in [-0.3, -0.25) is 9.59 Å². The summed E-state index contributed by atoms with van der Waals surface area (Å²) < 4.78 is 6.85. The summed E-state index contributed by atoms with van der Waals surface area (Å²) in [6.45, 7) is 5.77. The van der Waals surface area contributed by atoms with Crippen molar-refractivity contribution in [3.63, 3.8) is 0 Å². The van der Waals surface area contributed by atoms with Crippen LogP contribution in [0.2, 0.25) is 10.0 Å². The lowest BCUT2D eigenvalue weighted by Crippen LogP contribution is -2.32. The molecule has 10 heteroatoms. The number of aryl methyl sites for hydroxylation is 1. The number of anilines is 1. The van der Waals surface area contributed by atoms with Gasteiger partial charge in [-0.05, 0) is 69.3 Å². The molecule has 0 atom stereocenters. The second-order valence-electron chi connectivity index (χ2n) is 7.24. The van der Waals surface area contributed by atoms with Gasteiger partial charge in [0.1, 0.15) is 0 Å². The van der Waals surface area contributed by atoms with Crippen LogP contribution >= 0.6 is 23.2 Å². The lowest BCUT2D eigenvalue weighted by atomic mass is 10.2. The van der Waals surface area contributed by atoms with E-state index in [4.69, 9.17) is 27.9 Å². The van der Waals surface area contributed by atoms with E-state index >= 15 is 0 Å². The number of halogens is 2. The van der Waals surface area contributed by atoms with Crippen LogP contribution in [-0.2, 0) is 14.3 Å². The normalized spacial score (nSPS) is 10.9. The summed E-state index contributed by atoms with van der Waals surface area (Å²) in [4.78, 5) is 35.9. The zero-order valence-corrected chi connectivity index (χ0v) is 20.2. The van der Waals surface area contributed by atoms with Gasteiger partial charge < -0.3 is 14.6 Å². The molecule has 0 bridgehead atoms. The molecule has 3 rings (SSSR count). The first-order valence-electron chi connectivity index (χ1n) is 10.3. The van der Waals surface area contributed by atoms with Crippen LogP contribution in [0.15, 0.2) is 53.6 Å². The first-order valence-corrected chi connectivity index (χ1v) is 11.0. The van der Waals surface area contributed by atoms with E-state index in [2.05, 4.69) is 15.8 Å². The molecule has 0 saturated carbocycles. The van der Waals surface area contributed by atoms with Crippen molar-refractivity contribution in [3.05, 3.63) is 81.1 Å². The molecule has 2 amide bonds. The Morgan fingerprint density at radius 2 is 1.65 bits per heavy atom. The second-order valence-corrected chi connectivity index (χ2v) is 8.11. The van der Waals surface area contributed by atoms with Gasteiger partial charge in [0, 0.05) is 38.4 Å². The molecule has 0 unspecified atom stereocenters. The molecule has 0 spiro atoms. The number of rotatable bonds is 6. The summed E-state index contributed by atoms with van der Waals surface area (Å²) >= 11 is 12.2. The Morgan fingerprint density at radius 1 is 1.00 bits per heavy atom. The van der Waals surface area contributed by atoms with Gasteiger partial charge in [0.15, 0.2) is 0 Å². The van der Waals surface area contributed by atoms with Gasteiger partial charge in [-0.25, -0.2) is 10.2 Å². The number of carbonyl (C=O) groups excluding carboxylic acids is 3. The Morgan fingerprint density at radius 3 is 2.26 bits per heavy atom. The largest absolute Gasteiger partial charge is 0.462 e. The first kappa shape index (κ1) is 25.0. The number of ether oxygens (including phenoxy) is 1. The van der Waals surface area contributed by atoms with Gasteiger partial charge >= 0.3 is 17.8 Å². The Kier molecular flexibility index (Phi) is 8.09. The first-order chi connectivity index (χ1) is 16.2. The molecule has 1 heterocycles. The third kappa shape index (κ3) is 6.03. The van der Waals surface area contributed by atoms with E-state index in [1.54, 1.807) is 25.1 Å².